The third-order valence-corrected chi connectivity index (χ3v) is 2.86. The number of aromatic nitrogens is 1. The number of aryl methyl sites for hydroxylation is 1. The zero-order chi connectivity index (χ0) is 15.4. The summed E-state index contributed by atoms with van der Waals surface area (Å²) in [6, 6.07) is 9.56. The second kappa shape index (κ2) is 6.04. The fourth-order valence-corrected chi connectivity index (χ4v) is 1.85. The summed E-state index contributed by atoms with van der Waals surface area (Å²) < 4.78 is 1.15. The molecule has 1 amide bonds. The SMILES string of the molecule is Cc1cccc(NC(=O)Cn2ccc(C(=O)O)cc2=O)c1. The number of rotatable bonds is 4. The van der Waals surface area contributed by atoms with Gasteiger partial charge < -0.3 is 15.0 Å². The van der Waals surface area contributed by atoms with E-state index in [0.717, 1.165) is 16.2 Å². The van der Waals surface area contributed by atoms with Crippen LogP contribution in [0.15, 0.2) is 47.4 Å². The highest BCUT2D eigenvalue weighted by Gasteiger charge is 2.08. The molecular formula is C15H14N2O4. The zero-order valence-corrected chi connectivity index (χ0v) is 11.4. The lowest BCUT2D eigenvalue weighted by atomic mass is 10.2. The minimum atomic E-state index is -1.18. The van der Waals surface area contributed by atoms with Crippen LogP contribution >= 0.6 is 0 Å². The normalized spacial score (nSPS) is 10.1. The molecule has 0 fully saturated rings. The van der Waals surface area contributed by atoms with Crippen LogP contribution in [0, 0.1) is 6.92 Å². The molecule has 2 aromatic rings. The van der Waals surface area contributed by atoms with E-state index in [-0.39, 0.29) is 18.0 Å². The van der Waals surface area contributed by atoms with Crippen LogP contribution in [0.4, 0.5) is 5.69 Å². The smallest absolute Gasteiger partial charge is 0.335 e. The highest BCUT2D eigenvalue weighted by molar-refractivity contribution is 5.90. The summed E-state index contributed by atoms with van der Waals surface area (Å²) in [4.78, 5) is 34.3. The molecule has 0 aliphatic heterocycles. The fourth-order valence-electron chi connectivity index (χ4n) is 1.85. The Morgan fingerprint density at radius 2 is 2.00 bits per heavy atom. The second-order valence-electron chi connectivity index (χ2n) is 4.60. The van der Waals surface area contributed by atoms with Gasteiger partial charge in [-0.15, -0.1) is 0 Å². The number of anilines is 1. The van der Waals surface area contributed by atoms with Gasteiger partial charge in [0.2, 0.25) is 5.91 Å². The molecule has 0 aliphatic rings. The average Bonchev–Trinajstić information content (AvgIpc) is 2.40. The van der Waals surface area contributed by atoms with E-state index < -0.39 is 11.5 Å². The molecule has 6 nitrogen and oxygen atoms in total. The Balaban J connectivity index is 2.09. The van der Waals surface area contributed by atoms with Crippen LogP contribution in [0.3, 0.4) is 0 Å². The summed E-state index contributed by atoms with van der Waals surface area (Å²) in [6.07, 6.45) is 1.29. The molecule has 0 radical (unpaired) electrons. The number of benzene rings is 1. The van der Waals surface area contributed by atoms with Crippen molar-refractivity contribution in [3.63, 3.8) is 0 Å². The Bertz CT molecular complexity index is 749. The number of amides is 1. The molecular weight excluding hydrogens is 272 g/mol. The van der Waals surface area contributed by atoms with E-state index >= 15 is 0 Å². The summed E-state index contributed by atoms with van der Waals surface area (Å²) in [6.45, 7) is 1.73. The lowest BCUT2D eigenvalue weighted by molar-refractivity contribution is -0.116. The van der Waals surface area contributed by atoms with Crippen LogP contribution in [0.5, 0.6) is 0 Å². The fraction of sp³-hybridized carbons (Fsp3) is 0.133. The van der Waals surface area contributed by atoms with Crippen LogP contribution in [-0.4, -0.2) is 21.6 Å². The van der Waals surface area contributed by atoms with Crippen molar-refractivity contribution in [2.45, 2.75) is 13.5 Å². The van der Waals surface area contributed by atoms with E-state index in [4.69, 9.17) is 5.11 Å². The number of nitrogens with one attached hydrogen (secondary N) is 1. The molecule has 2 N–H and O–H groups in total. The van der Waals surface area contributed by atoms with Crippen molar-refractivity contribution in [3.8, 4) is 0 Å². The third-order valence-electron chi connectivity index (χ3n) is 2.86. The lowest BCUT2D eigenvalue weighted by Gasteiger charge is -2.08. The maximum absolute atomic E-state index is 11.9. The standard InChI is InChI=1S/C15H14N2O4/c1-10-3-2-4-12(7-10)16-13(18)9-17-6-5-11(15(20)21)8-14(17)19/h2-8H,9H2,1H3,(H,16,18)(H,20,21). The van der Waals surface area contributed by atoms with Crippen molar-refractivity contribution in [2.75, 3.05) is 5.32 Å². The van der Waals surface area contributed by atoms with Gasteiger partial charge in [0, 0.05) is 18.0 Å². The Morgan fingerprint density at radius 3 is 2.62 bits per heavy atom. The van der Waals surface area contributed by atoms with Crippen LogP contribution < -0.4 is 10.9 Å². The number of carboxylic acid groups (broad SMARTS) is 1. The molecule has 1 heterocycles. The maximum atomic E-state index is 11.9. The number of carbonyl (C=O) groups excluding carboxylic acids is 1. The van der Waals surface area contributed by atoms with E-state index in [1.54, 1.807) is 6.07 Å². The molecule has 6 heteroatoms. The van der Waals surface area contributed by atoms with Gasteiger partial charge in [0.1, 0.15) is 6.54 Å². The average molecular weight is 286 g/mol. The molecule has 1 aromatic heterocycles. The molecule has 0 bridgehead atoms. The molecule has 0 saturated carbocycles. The predicted octanol–water partition coefficient (Wildman–Crippen LogP) is 1.49. The van der Waals surface area contributed by atoms with E-state index in [2.05, 4.69) is 5.32 Å². The number of carboxylic acids is 1. The minimum Gasteiger partial charge on any atom is -0.478 e. The second-order valence-corrected chi connectivity index (χ2v) is 4.60. The molecule has 21 heavy (non-hydrogen) atoms. The molecule has 1 aromatic carbocycles. The van der Waals surface area contributed by atoms with Gasteiger partial charge in [0.25, 0.3) is 5.56 Å². The first-order valence-electron chi connectivity index (χ1n) is 6.26. The molecule has 108 valence electrons. The van der Waals surface area contributed by atoms with E-state index in [1.165, 1.54) is 12.3 Å². The Hall–Kier alpha value is -2.89. The molecule has 0 aliphatic carbocycles. The Morgan fingerprint density at radius 1 is 1.24 bits per heavy atom. The molecule has 0 unspecified atom stereocenters. The van der Waals surface area contributed by atoms with E-state index in [0.29, 0.717) is 5.69 Å². The Labute approximate surface area is 120 Å². The van der Waals surface area contributed by atoms with Crippen LogP contribution in [0.1, 0.15) is 15.9 Å². The minimum absolute atomic E-state index is 0.102. The van der Waals surface area contributed by atoms with Crippen molar-refractivity contribution in [1.82, 2.24) is 4.57 Å². The number of hydrogen-bond acceptors (Lipinski definition) is 3. The summed E-state index contributed by atoms with van der Waals surface area (Å²) in [5, 5.41) is 11.5. The molecule has 2 rings (SSSR count). The topological polar surface area (TPSA) is 88.4 Å². The van der Waals surface area contributed by atoms with Crippen molar-refractivity contribution < 1.29 is 14.7 Å². The van der Waals surface area contributed by atoms with Crippen LogP contribution in [-0.2, 0) is 11.3 Å². The van der Waals surface area contributed by atoms with Gasteiger partial charge in [-0.2, -0.15) is 0 Å². The van der Waals surface area contributed by atoms with Gasteiger partial charge in [-0.25, -0.2) is 4.79 Å². The molecule has 0 saturated heterocycles. The monoisotopic (exact) mass is 286 g/mol. The number of aromatic carboxylic acids is 1. The largest absolute Gasteiger partial charge is 0.478 e. The highest BCUT2D eigenvalue weighted by Crippen LogP contribution is 2.09. The first-order chi connectivity index (χ1) is 9.95. The van der Waals surface area contributed by atoms with Gasteiger partial charge in [0.15, 0.2) is 0 Å². The van der Waals surface area contributed by atoms with Gasteiger partial charge in [-0.3, -0.25) is 9.59 Å². The van der Waals surface area contributed by atoms with Gasteiger partial charge in [-0.05, 0) is 30.7 Å². The number of carbonyl (C=O) groups is 2. The maximum Gasteiger partial charge on any atom is 0.335 e. The summed E-state index contributed by atoms with van der Waals surface area (Å²) >= 11 is 0. The van der Waals surface area contributed by atoms with Crippen LogP contribution in [0.2, 0.25) is 0 Å². The highest BCUT2D eigenvalue weighted by atomic mass is 16.4. The van der Waals surface area contributed by atoms with Crippen molar-refractivity contribution in [3.05, 3.63) is 64.1 Å². The van der Waals surface area contributed by atoms with Crippen molar-refractivity contribution in [1.29, 1.82) is 0 Å². The summed E-state index contributed by atoms with van der Waals surface area (Å²) in [5.41, 5.74) is 1.02. The predicted molar refractivity (Wildman–Crippen MR) is 77.5 cm³/mol. The van der Waals surface area contributed by atoms with E-state index in [1.807, 2.05) is 25.1 Å². The number of hydrogen-bond donors (Lipinski definition) is 2. The lowest BCUT2D eigenvalue weighted by Crippen LogP contribution is -2.27. The van der Waals surface area contributed by atoms with Crippen LogP contribution in [0.25, 0.3) is 0 Å². The first kappa shape index (κ1) is 14.5. The summed E-state index contributed by atoms with van der Waals surface area (Å²) in [5.74, 6) is -1.53. The quantitative estimate of drug-likeness (QED) is 0.891. The number of pyridine rings is 1. The molecule has 0 atom stereocenters. The van der Waals surface area contributed by atoms with Gasteiger partial charge >= 0.3 is 5.97 Å². The van der Waals surface area contributed by atoms with Gasteiger partial charge in [-0.1, -0.05) is 12.1 Å². The van der Waals surface area contributed by atoms with Crippen molar-refractivity contribution in [2.24, 2.45) is 0 Å². The third kappa shape index (κ3) is 3.79. The Kier molecular flexibility index (Phi) is 4.18. The summed E-state index contributed by atoms with van der Waals surface area (Å²) in [7, 11) is 0. The first-order valence-corrected chi connectivity index (χ1v) is 6.26. The number of nitrogens with zero attached hydrogens (tertiary/aromatic N) is 1. The molecule has 0 spiro atoms. The van der Waals surface area contributed by atoms with E-state index in [9.17, 15) is 14.4 Å². The van der Waals surface area contributed by atoms with Crippen molar-refractivity contribution >= 4 is 17.6 Å². The van der Waals surface area contributed by atoms with Gasteiger partial charge in [0.05, 0.1) is 5.56 Å². The zero-order valence-electron chi connectivity index (χ0n) is 11.4.